The summed E-state index contributed by atoms with van der Waals surface area (Å²) < 4.78 is 10.1. The van der Waals surface area contributed by atoms with Gasteiger partial charge >= 0.3 is 12.1 Å². The van der Waals surface area contributed by atoms with Crippen molar-refractivity contribution in [2.24, 2.45) is 5.73 Å². The molecule has 0 saturated heterocycles. The first-order chi connectivity index (χ1) is 17.3. The smallest absolute Gasteiger partial charge is 0.408 e. The molecule has 2 unspecified atom stereocenters. The van der Waals surface area contributed by atoms with Gasteiger partial charge in [0.1, 0.15) is 23.4 Å². The number of nitrogens with two attached hydrogens (primary N) is 1. The number of nitrogens with zero attached hydrogens (tertiary/aromatic N) is 1. The van der Waals surface area contributed by atoms with Crippen LogP contribution in [0.25, 0.3) is 0 Å². The van der Waals surface area contributed by atoms with Crippen LogP contribution in [0.1, 0.15) is 65.0 Å². The molecule has 1 aromatic rings. The van der Waals surface area contributed by atoms with Gasteiger partial charge in [-0.25, -0.2) is 4.79 Å². The first-order valence-electron chi connectivity index (χ1n) is 12.1. The second kappa shape index (κ2) is 12.9. The number of carbonyl (C=O) groups excluding carboxylic acids is 5. The molecule has 204 valence electrons. The average molecular weight is 521 g/mol. The Bertz CT molecular complexity index is 1000. The van der Waals surface area contributed by atoms with Gasteiger partial charge in [0, 0.05) is 12.6 Å². The lowest BCUT2D eigenvalue weighted by Gasteiger charge is -2.34. The van der Waals surface area contributed by atoms with Gasteiger partial charge in [-0.2, -0.15) is 0 Å². The minimum absolute atomic E-state index is 0.0411. The highest BCUT2D eigenvalue weighted by atomic mass is 16.6. The third-order valence-corrected chi connectivity index (χ3v) is 5.24. The zero-order chi connectivity index (χ0) is 27.8. The Morgan fingerprint density at radius 2 is 1.86 bits per heavy atom. The summed E-state index contributed by atoms with van der Waals surface area (Å²) in [5, 5.41) is 15.1. The summed E-state index contributed by atoms with van der Waals surface area (Å²) >= 11 is 0. The summed E-state index contributed by atoms with van der Waals surface area (Å²) in [6.07, 6.45) is -0.331. The number of hydrogen-bond acceptors (Lipinski definition) is 8. The quantitative estimate of drug-likeness (QED) is 0.298. The number of nitrogens with one attached hydrogen (secondary N) is 2. The number of esters is 1. The van der Waals surface area contributed by atoms with Crippen LogP contribution in [-0.4, -0.2) is 70.6 Å². The SMILES string of the molecule is CCOC(=O)CCNC(=O)C(c1cccc(O)c1)N(C(=O)C(CC(N)=O)NC(=O)OC(C)(C)C)C1CC1. The van der Waals surface area contributed by atoms with Gasteiger partial charge in [-0.3, -0.25) is 19.2 Å². The van der Waals surface area contributed by atoms with E-state index in [1.54, 1.807) is 33.8 Å². The summed E-state index contributed by atoms with van der Waals surface area (Å²) in [7, 11) is 0. The van der Waals surface area contributed by atoms with Crippen LogP contribution < -0.4 is 16.4 Å². The zero-order valence-corrected chi connectivity index (χ0v) is 21.6. The lowest BCUT2D eigenvalue weighted by Crippen LogP contribution is -2.54. The Labute approximate surface area is 215 Å². The van der Waals surface area contributed by atoms with E-state index in [0.717, 1.165) is 0 Å². The zero-order valence-electron chi connectivity index (χ0n) is 21.6. The van der Waals surface area contributed by atoms with Crippen molar-refractivity contribution in [1.82, 2.24) is 15.5 Å². The maximum absolute atomic E-state index is 13.8. The minimum atomic E-state index is -1.39. The molecule has 0 heterocycles. The molecule has 1 aliphatic carbocycles. The number of aromatic hydroxyl groups is 1. The summed E-state index contributed by atoms with van der Waals surface area (Å²) in [5.74, 6) is -2.76. The van der Waals surface area contributed by atoms with Crippen LogP contribution in [0.4, 0.5) is 4.79 Å². The lowest BCUT2D eigenvalue weighted by molar-refractivity contribution is -0.145. The Morgan fingerprint density at radius 1 is 1.19 bits per heavy atom. The highest BCUT2D eigenvalue weighted by Crippen LogP contribution is 2.36. The van der Waals surface area contributed by atoms with Crippen LogP contribution in [0.5, 0.6) is 5.75 Å². The molecule has 2 atom stereocenters. The molecule has 5 N–H and O–H groups in total. The number of phenolic OH excluding ortho intramolecular Hbond substituents is 1. The van der Waals surface area contributed by atoms with E-state index in [9.17, 15) is 29.1 Å². The van der Waals surface area contributed by atoms with Crippen LogP contribution >= 0.6 is 0 Å². The number of carbonyl (C=O) groups is 5. The van der Waals surface area contributed by atoms with Crippen LogP contribution in [-0.2, 0) is 28.7 Å². The molecule has 1 aliphatic rings. The molecule has 0 aliphatic heterocycles. The molecule has 1 saturated carbocycles. The third-order valence-electron chi connectivity index (χ3n) is 5.24. The first-order valence-corrected chi connectivity index (χ1v) is 12.1. The van der Waals surface area contributed by atoms with Crippen LogP contribution in [0.3, 0.4) is 0 Å². The lowest BCUT2D eigenvalue weighted by atomic mass is 10.0. The molecule has 0 spiro atoms. The van der Waals surface area contributed by atoms with E-state index < -0.39 is 53.9 Å². The molecule has 37 heavy (non-hydrogen) atoms. The van der Waals surface area contributed by atoms with Crippen LogP contribution in [0.15, 0.2) is 24.3 Å². The second-order valence-corrected chi connectivity index (χ2v) is 9.69. The predicted octanol–water partition coefficient (Wildman–Crippen LogP) is 1.26. The van der Waals surface area contributed by atoms with E-state index in [0.29, 0.717) is 18.4 Å². The summed E-state index contributed by atoms with van der Waals surface area (Å²) in [6, 6.07) is 2.91. The van der Waals surface area contributed by atoms with Gasteiger partial charge < -0.3 is 35.8 Å². The Kier molecular flexibility index (Phi) is 10.3. The molecule has 1 fully saturated rings. The molecular weight excluding hydrogens is 484 g/mol. The van der Waals surface area contributed by atoms with Gasteiger partial charge in [0.2, 0.25) is 17.7 Å². The summed E-state index contributed by atoms with van der Waals surface area (Å²) in [4.78, 5) is 64.3. The molecule has 0 aromatic heterocycles. The average Bonchev–Trinajstić information content (AvgIpc) is 3.60. The first kappa shape index (κ1) is 29.4. The van der Waals surface area contributed by atoms with Crippen molar-refractivity contribution in [3.8, 4) is 5.75 Å². The number of alkyl carbamates (subject to hydrolysis) is 1. The second-order valence-electron chi connectivity index (χ2n) is 9.69. The molecule has 0 bridgehead atoms. The fourth-order valence-electron chi connectivity index (χ4n) is 3.65. The highest BCUT2D eigenvalue weighted by Gasteiger charge is 2.44. The monoisotopic (exact) mass is 520 g/mol. The summed E-state index contributed by atoms with van der Waals surface area (Å²) in [5.41, 5.74) is 4.81. The molecule has 2 rings (SSSR count). The van der Waals surface area contributed by atoms with Crippen molar-refractivity contribution < 1.29 is 38.6 Å². The number of primary amides is 1. The number of phenols is 1. The molecule has 1 aromatic carbocycles. The minimum Gasteiger partial charge on any atom is -0.508 e. The Hall–Kier alpha value is -3.83. The third kappa shape index (κ3) is 9.62. The molecular formula is C25H36N4O8. The maximum Gasteiger partial charge on any atom is 0.408 e. The topological polar surface area (TPSA) is 177 Å². The Balaban J connectivity index is 2.37. The predicted molar refractivity (Wildman–Crippen MR) is 132 cm³/mol. The fraction of sp³-hybridized carbons (Fsp3) is 0.560. The maximum atomic E-state index is 13.8. The molecule has 12 nitrogen and oxygen atoms in total. The van der Waals surface area contributed by atoms with Crippen molar-refractivity contribution in [3.05, 3.63) is 29.8 Å². The van der Waals surface area contributed by atoms with E-state index in [2.05, 4.69) is 10.6 Å². The van der Waals surface area contributed by atoms with Gasteiger partial charge in [0.05, 0.1) is 19.4 Å². The van der Waals surface area contributed by atoms with Crippen molar-refractivity contribution in [2.45, 2.75) is 77.1 Å². The van der Waals surface area contributed by atoms with Crippen molar-refractivity contribution in [2.75, 3.05) is 13.2 Å². The van der Waals surface area contributed by atoms with Crippen LogP contribution in [0, 0.1) is 0 Å². The molecule has 0 radical (unpaired) electrons. The van der Waals surface area contributed by atoms with Crippen molar-refractivity contribution in [3.63, 3.8) is 0 Å². The van der Waals surface area contributed by atoms with Crippen molar-refractivity contribution in [1.29, 1.82) is 0 Å². The van der Waals surface area contributed by atoms with E-state index in [-0.39, 0.29) is 31.4 Å². The van der Waals surface area contributed by atoms with Gasteiger partial charge in [-0.15, -0.1) is 0 Å². The number of rotatable bonds is 12. The van der Waals surface area contributed by atoms with Gasteiger partial charge in [0.15, 0.2) is 0 Å². The van der Waals surface area contributed by atoms with E-state index >= 15 is 0 Å². The van der Waals surface area contributed by atoms with E-state index in [1.165, 1.54) is 23.1 Å². The normalized spacial score (nSPS) is 14.6. The Morgan fingerprint density at radius 3 is 2.41 bits per heavy atom. The van der Waals surface area contributed by atoms with Gasteiger partial charge in [0.25, 0.3) is 0 Å². The van der Waals surface area contributed by atoms with Gasteiger partial charge in [-0.05, 0) is 58.2 Å². The molecule has 12 heteroatoms. The number of benzene rings is 1. The van der Waals surface area contributed by atoms with E-state index in [1.807, 2.05) is 0 Å². The largest absolute Gasteiger partial charge is 0.508 e. The van der Waals surface area contributed by atoms with Crippen LogP contribution in [0.2, 0.25) is 0 Å². The standard InChI is InChI=1S/C25H36N4O8/c1-5-36-20(32)11-12-27-22(33)21(15-7-6-8-17(30)13-15)29(16-9-10-16)23(34)18(14-19(26)31)28-24(35)37-25(2,3)4/h6-8,13,16,18,21,30H,5,9-12,14H2,1-4H3,(H2,26,31)(H,27,33)(H,28,35). The van der Waals surface area contributed by atoms with Crippen molar-refractivity contribution >= 4 is 29.8 Å². The molecule has 4 amide bonds. The number of ether oxygens (including phenoxy) is 2. The number of amides is 4. The van der Waals surface area contributed by atoms with E-state index in [4.69, 9.17) is 15.2 Å². The summed E-state index contributed by atoms with van der Waals surface area (Å²) in [6.45, 7) is 6.77. The van der Waals surface area contributed by atoms with Gasteiger partial charge in [-0.1, -0.05) is 12.1 Å². The fourth-order valence-corrected chi connectivity index (χ4v) is 3.65. The highest BCUT2D eigenvalue weighted by molar-refractivity contribution is 5.95. The number of hydrogen-bond donors (Lipinski definition) is 4.